The van der Waals surface area contributed by atoms with Crippen LogP contribution in [0.2, 0.25) is 0 Å². The molecular formula is C32H42N2O4. The summed E-state index contributed by atoms with van der Waals surface area (Å²) in [6.07, 6.45) is 12.7. The van der Waals surface area contributed by atoms with E-state index in [0.717, 1.165) is 36.4 Å². The van der Waals surface area contributed by atoms with Crippen LogP contribution in [0.15, 0.2) is 60.7 Å². The molecule has 0 saturated carbocycles. The van der Waals surface area contributed by atoms with E-state index in [2.05, 4.69) is 34.1 Å². The number of esters is 2. The van der Waals surface area contributed by atoms with Gasteiger partial charge < -0.3 is 9.47 Å². The van der Waals surface area contributed by atoms with Gasteiger partial charge in [0.15, 0.2) is 0 Å². The molecule has 0 radical (unpaired) electrons. The predicted molar refractivity (Wildman–Crippen MR) is 149 cm³/mol. The highest BCUT2D eigenvalue weighted by Gasteiger charge is 2.11. The highest BCUT2D eigenvalue weighted by Crippen LogP contribution is 2.16. The van der Waals surface area contributed by atoms with Gasteiger partial charge in [0, 0.05) is 25.2 Å². The minimum absolute atomic E-state index is 0.173. The number of ether oxygens (including phenoxy) is 2. The van der Waals surface area contributed by atoms with Crippen molar-refractivity contribution in [2.24, 2.45) is 0 Å². The number of rotatable bonds is 10. The molecule has 0 bridgehead atoms. The molecule has 6 nitrogen and oxygen atoms in total. The Morgan fingerprint density at radius 1 is 0.526 bits per heavy atom. The third-order valence-electron chi connectivity index (χ3n) is 7.37. The average Bonchev–Trinajstić information content (AvgIpc) is 3.36. The van der Waals surface area contributed by atoms with E-state index >= 15 is 0 Å². The fourth-order valence-corrected chi connectivity index (χ4v) is 5.13. The molecule has 0 N–H and O–H groups in total. The Hall–Kier alpha value is -2.96. The number of benzene rings is 2. The van der Waals surface area contributed by atoms with Crippen molar-refractivity contribution in [2.45, 2.75) is 77.7 Å². The molecule has 2 aliphatic heterocycles. The number of likely N-dealkylation sites (tertiary alicyclic amines) is 2. The predicted octanol–water partition coefficient (Wildman–Crippen LogP) is 5.78. The molecule has 2 aromatic rings. The maximum Gasteiger partial charge on any atom is 0.331 e. The maximum atomic E-state index is 12.1. The van der Waals surface area contributed by atoms with E-state index in [4.69, 9.17) is 9.47 Å². The fourth-order valence-electron chi connectivity index (χ4n) is 5.13. The Kier molecular flexibility index (Phi) is 11.4. The zero-order chi connectivity index (χ0) is 26.4. The van der Waals surface area contributed by atoms with E-state index < -0.39 is 11.9 Å². The van der Waals surface area contributed by atoms with Crippen molar-refractivity contribution in [1.29, 1.82) is 0 Å². The molecule has 6 heteroatoms. The van der Waals surface area contributed by atoms with Crippen LogP contribution in [0.4, 0.5) is 0 Å². The van der Waals surface area contributed by atoms with Gasteiger partial charge in [0.2, 0.25) is 0 Å². The van der Waals surface area contributed by atoms with Gasteiger partial charge in [-0.2, -0.15) is 0 Å². The molecule has 0 unspecified atom stereocenters. The quantitative estimate of drug-likeness (QED) is 0.294. The topological polar surface area (TPSA) is 59.1 Å². The van der Waals surface area contributed by atoms with Crippen molar-refractivity contribution in [1.82, 2.24) is 9.80 Å². The zero-order valence-corrected chi connectivity index (χ0v) is 22.6. The average molecular weight is 519 g/mol. The van der Waals surface area contributed by atoms with Gasteiger partial charge in [-0.25, -0.2) is 9.59 Å². The third kappa shape index (κ3) is 10.1. The van der Waals surface area contributed by atoms with Gasteiger partial charge in [-0.15, -0.1) is 0 Å². The Balaban J connectivity index is 1.13. The van der Waals surface area contributed by atoms with Gasteiger partial charge in [-0.05, 0) is 74.1 Å². The number of carbonyl (C=O) groups is 2. The zero-order valence-electron chi connectivity index (χ0n) is 22.6. The Labute approximate surface area is 227 Å². The number of nitrogens with zero attached hydrogens (tertiary/aromatic N) is 2. The van der Waals surface area contributed by atoms with Crippen LogP contribution < -0.4 is 0 Å². The van der Waals surface area contributed by atoms with Crippen LogP contribution in [-0.4, -0.2) is 47.9 Å². The van der Waals surface area contributed by atoms with Gasteiger partial charge in [-0.3, -0.25) is 9.80 Å². The summed E-state index contributed by atoms with van der Waals surface area (Å²) < 4.78 is 10.6. The van der Waals surface area contributed by atoms with Crippen molar-refractivity contribution < 1.29 is 19.1 Å². The largest absolute Gasteiger partial charge is 0.458 e. The first-order valence-corrected chi connectivity index (χ1v) is 14.3. The fraction of sp³-hybridized carbons (Fsp3) is 0.500. The Morgan fingerprint density at radius 3 is 1.18 bits per heavy atom. The third-order valence-corrected chi connectivity index (χ3v) is 7.37. The van der Waals surface area contributed by atoms with Crippen molar-refractivity contribution >= 4 is 11.9 Å². The first kappa shape index (κ1) is 28.1. The first-order valence-electron chi connectivity index (χ1n) is 14.3. The first-order chi connectivity index (χ1) is 18.6. The van der Waals surface area contributed by atoms with Crippen LogP contribution in [0.1, 0.15) is 73.6 Å². The van der Waals surface area contributed by atoms with Crippen LogP contribution in [0, 0.1) is 0 Å². The second-order valence-corrected chi connectivity index (χ2v) is 10.6. The lowest BCUT2D eigenvalue weighted by molar-refractivity contribution is -0.141. The van der Waals surface area contributed by atoms with E-state index in [1.807, 2.05) is 24.3 Å². The summed E-state index contributed by atoms with van der Waals surface area (Å²) in [7, 11) is 0. The van der Waals surface area contributed by atoms with E-state index in [0.29, 0.717) is 0 Å². The second kappa shape index (κ2) is 15.5. The molecule has 2 aromatic carbocycles. The molecule has 2 heterocycles. The standard InChI is InChI=1S/C32H42N2O4/c35-31(37-25-29-13-9-27(10-14-29)23-33-19-5-1-2-6-20-33)17-18-32(36)38-26-30-15-11-28(12-16-30)24-34-21-7-3-4-8-22-34/h9-18H,1-8,19-26H2. The maximum absolute atomic E-state index is 12.1. The van der Waals surface area contributed by atoms with E-state index in [1.54, 1.807) is 0 Å². The Bertz CT molecular complexity index is 933. The molecule has 2 aliphatic rings. The van der Waals surface area contributed by atoms with E-state index in [9.17, 15) is 9.59 Å². The summed E-state index contributed by atoms with van der Waals surface area (Å²) in [5.74, 6) is -1.12. The van der Waals surface area contributed by atoms with E-state index in [1.165, 1.54) is 88.7 Å². The summed E-state index contributed by atoms with van der Waals surface area (Å²) in [5, 5.41) is 0. The lowest BCUT2D eigenvalue weighted by Crippen LogP contribution is -2.23. The van der Waals surface area contributed by atoms with E-state index in [-0.39, 0.29) is 13.2 Å². The highest BCUT2D eigenvalue weighted by atomic mass is 16.5. The van der Waals surface area contributed by atoms with Gasteiger partial charge in [0.25, 0.3) is 0 Å². The molecule has 38 heavy (non-hydrogen) atoms. The molecule has 0 atom stereocenters. The van der Waals surface area contributed by atoms with Crippen molar-refractivity contribution in [3.63, 3.8) is 0 Å². The van der Waals surface area contributed by atoms with Crippen molar-refractivity contribution in [2.75, 3.05) is 26.2 Å². The monoisotopic (exact) mass is 518 g/mol. The summed E-state index contributed by atoms with van der Waals surface area (Å²) in [4.78, 5) is 29.1. The molecule has 0 aliphatic carbocycles. The van der Waals surface area contributed by atoms with Crippen LogP contribution in [-0.2, 0) is 45.4 Å². The highest BCUT2D eigenvalue weighted by molar-refractivity contribution is 5.91. The lowest BCUT2D eigenvalue weighted by Gasteiger charge is -2.19. The summed E-state index contributed by atoms with van der Waals surface area (Å²) >= 11 is 0. The number of hydrogen-bond donors (Lipinski definition) is 0. The molecule has 0 spiro atoms. The molecule has 0 amide bonds. The number of hydrogen-bond acceptors (Lipinski definition) is 6. The molecule has 4 rings (SSSR count). The van der Waals surface area contributed by atoms with Crippen molar-refractivity contribution in [3.8, 4) is 0 Å². The molecular weight excluding hydrogens is 476 g/mol. The lowest BCUT2D eigenvalue weighted by atomic mass is 10.1. The summed E-state index contributed by atoms with van der Waals surface area (Å²) in [6.45, 7) is 6.94. The molecule has 2 fully saturated rings. The van der Waals surface area contributed by atoms with Crippen LogP contribution in [0.25, 0.3) is 0 Å². The minimum atomic E-state index is -0.562. The second-order valence-electron chi connectivity index (χ2n) is 10.6. The van der Waals surface area contributed by atoms with Gasteiger partial charge in [0.1, 0.15) is 13.2 Å². The van der Waals surface area contributed by atoms with Crippen LogP contribution in [0.3, 0.4) is 0 Å². The molecule has 0 aromatic heterocycles. The van der Waals surface area contributed by atoms with Gasteiger partial charge in [-0.1, -0.05) is 74.2 Å². The normalized spacial score (nSPS) is 17.6. The van der Waals surface area contributed by atoms with Gasteiger partial charge in [0.05, 0.1) is 0 Å². The smallest absolute Gasteiger partial charge is 0.331 e. The van der Waals surface area contributed by atoms with Crippen LogP contribution >= 0.6 is 0 Å². The van der Waals surface area contributed by atoms with Gasteiger partial charge >= 0.3 is 11.9 Å². The Morgan fingerprint density at radius 2 is 0.842 bits per heavy atom. The number of carbonyl (C=O) groups excluding carboxylic acids is 2. The SMILES string of the molecule is O=C(C=CC(=O)OCc1ccc(CN2CCCCCC2)cc1)OCc1ccc(CN2CCCCCC2)cc1. The minimum Gasteiger partial charge on any atom is -0.458 e. The summed E-state index contributed by atoms with van der Waals surface area (Å²) in [6, 6.07) is 16.4. The summed E-state index contributed by atoms with van der Waals surface area (Å²) in [5.41, 5.74) is 4.40. The molecule has 2 saturated heterocycles. The van der Waals surface area contributed by atoms with Crippen LogP contribution in [0.5, 0.6) is 0 Å². The molecule has 204 valence electrons. The van der Waals surface area contributed by atoms with Crippen molar-refractivity contribution in [3.05, 3.63) is 82.9 Å².